The third kappa shape index (κ3) is 4.84. The molecule has 0 spiro atoms. The Kier molecular flexibility index (Phi) is 4.49. The van der Waals surface area contributed by atoms with Crippen LogP contribution >= 0.6 is 0 Å². The van der Waals surface area contributed by atoms with Crippen LogP contribution < -0.4 is 10.1 Å². The molecule has 1 N–H and O–H groups in total. The van der Waals surface area contributed by atoms with Gasteiger partial charge in [0.05, 0.1) is 0 Å². The van der Waals surface area contributed by atoms with E-state index >= 15 is 0 Å². The molecule has 0 amide bonds. The molecule has 0 saturated heterocycles. The molecule has 0 saturated carbocycles. The summed E-state index contributed by atoms with van der Waals surface area (Å²) < 4.78 is 44.5. The number of hydrogen-bond donors (Lipinski definition) is 1. The number of anilines is 2. The van der Waals surface area contributed by atoms with Gasteiger partial charge in [-0.15, -0.1) is 0 Å². The van der Waals surface area contributed by atoms with Crippen LogP contribution in [0.5, 0.6) is 5.88 Å². The summed E-state index contributed by atoms with van der Waals surface area (Å²) in [5, 5.41) is 2.88. The Labute approximate surface area is 132 Å². The average Bonchev–Trinajstić information content (AvgIpc) is 2.35. The number of aryl methyl sites for hydroxylation is 1. The zero-order valence-corrected chi connectivity index (χ0v) is 13.3. The smallest absolute Gasteiger partial charge is 0.423 e. The van der Waals surface area contributed by atoms with Gasteiger partial charge in [0.15, 0.2) is 0 Å². The molecule has 0 unspecified atom stereocenters. The van der Waals surface area contributed by atoms with E-state index < -0.39 is 23.2 Å². The van der Waals surface area contributed by atoms with Crippen molar-refractivity contribution < 1.29 is 17.9 Å². The second-order valence-corrected chi connectivity index (χ2v) is 6.12. The minimum atomic E-state index is -4.58. The Balaban J connectivity index is 2.37. The van der Waals surface area contributed by atoms with E-state index in [1.54, 1.807) is 26.8 Å². The maximum atomic E-state index is 13.1. The quantitative estimate of drug-likeness (QED) is 0.886. The highest BCUT2D eigenvalue weighted by Gasteiger charge is 2.37. The van der Waals surface area contributed by atoms with Gasteiger partial charge in [-0.1, -0.05) is 12.1 Å². The van der Waals surface area contributed by atoms with Crippen molar-refractivity contribution in [3.63, 3.8) is 0 Å². The fourth-order valence-electron chi connectivity index (χ4n) is 1.84. The van der Waals surface area contributed by atoms with Crippen LogP contribution in [0.1, 0.15) is 31.9 Å². The summed E-state index contributed by atoms with van der Waals surface area (Å²) in [6.45, 7) is 6.88. The van der Waals surface area contributed by atoms with Gasteiger partial charge in [-0.3, -0.25) is 0 Å². The van der Waals surface area contributed by atoms with Crippen molar-refractivity contribution in [3.05, 3.63) is 41.6 Å². The van der Waals surface area contributed by atoms with Crippen molar-refractivity contribution in [1.82, 2.24) is 9.97 Å². The second-order valence-electron chi connectivity index (χ2n) is 6.12. The molecule has 2 rings (SSSR count). The lowest BCUT2D eigenvalue weighted by Crippen LogP contribution is -2.26. The molecule has 1 aromatic carbocycles. The highest BCUT2D eigenvalue weighted by molar-refractivity contribution is 5.54. The third-order valence-electron chi connectivity index (χ3n) is 2.74. The van der Waals surface area contributed by atoms with E-state index in [0.29, 0.717) is 5.69 Å². The van der Waals surface area contributed by atoms with Crippen LogP contribution in [0.15, 0.2) is 30.5 Å². The number of nitrogens with zero attached hydrogens (tertiary/aromatic N) is 2. The first-order chi connectivity index (χ1) is 10.5. The highest BCUT2D eigenvalue weighted by atomic mass is 19.4. The molecule has 0 aliphatic carbocycles. The van der Waals surface area contributed by atoms with Gasteiger partial charge in [-0.05, 0) is 45.4 Å². The maximum absolute atomic E-state index is 13.1. The molecular weight excluding hydrogens is 307 g/mol. The van der Waals surface area contributed by atoms with E-state index in [4.69, 9.17) is 4.74 Å². The third-order valence-corrected chi connectivity index (χ3v) is 2.74. The van der Waals surface area contributed by atoms with Crippen molar-refractivity contribution in [2.24, 2.45) is 0 Å². The normalized spacial score (nSPS) is 12.1. The van der Waals surface area contributed by atoms with Gasteiger partial charge in [0.2, 0.25) is 11.8 Å². The fourth-order valence-corrected chi connectivity index (χ4v) is 1.84. The lowest BCUT2D eigenvalue weighted by atomic mass is 10.2. The lowest BCUT2D eigenvalue weighted by molar-refractivity contribution is -0.140. The van der Waals surface area contributed by atoms with E-state index in [9.17, 15) is 13.2 Å². The minimum Gasteiger partial charge on any atom is -0.471 e. The number of rotatable bonds is 3. The Bertz CT molecular complexity index is 694. The van der Waals surface area contributed by atoms with Gasteiger partial charge in [0.25, 0.3) is 0 Å². The maximum Gasteiger partial charge on any atom is 0.423 e. The first kappa shape index (κ1) is 17.1. The first-order valence-electron chi connectivity index (χ1n) is 7.01. The number of benzene rings is 1. The molecule has 0 bridgehead atoms. The van der Waals surface area contributed by atoms with Gasteiger partial charge < -0.3 is 10.1 Å². The zero-order valence-electron chi connectivity index (χ0n) is 13.3. The van der Waals surface area contributed by atoms with E-state index in [0.717, 1.165) is 11.8 Å². The second kappa shape index (κ2) is 6.06. The number of nitrogens with one attached hydrogen (secondary N) is 1. The Morgan fingerprint density at radius 3 is 2.39 bits per heavy atom. The summed E-state index contributed by atoms with van der Waals surface area (Å²) in [4.78, 5) is 7.62. The number of hydrogen-bond acceptors (Lipinski definition) is 4. The molecule has 23 heavy (non-hydrogen) atoms. The number of halogens is 3. The van der Waals surface area contributed by atoms with Crippen LogP contribution in [0.25, 0.3) is 0 Å². The molecule has 4 nitrogen and oxygen atoms in total. The molecule has 0 aliphatic heterocycles. The zero-order chi connectivity index (χ0) is 17.3. The number of ether oxygens (including phenoxy) is 1. The Hall–Kier alpha value is -2.31. The van der Waals surface area contributed by atoms with E-state index in [1.807, 2.05) is 25.1 Å². The lowest BCUT2D eigenvalue weighted by Gasteiger charge is -2.23. The molecule has 2 aromatic rings. The van der Waals surface area contributed by atoms with Crippen LogP contribution in [0.2, 0.25) is 0 Å². The molecule has 7 heteroatoms. The van der Waals surface area contributed by atoms with Crippen molar-refractivity contribution in [3.8, 4) is 5.88 Å². The average molecular weight is 325 g/mol. The molecular formula is C16H18F3N3O. The predicted molar refractivity (Wildman–Crippen MR) is 81.9 cm³/mol. The van der Waals surface area contributed by atoms with Gasteiger partial charge in [-0.2, -0.15) is 18.2 Å². The highest BCUT2D eigenvalue weighted by Crippen LogP contribution is 2.36. The van der Waals surface area contributed by atoms with Crippen molar-refractivity contribution in [2.75, 3.05) is 5.32 Å². The summed E-state index contributed by atoms with van der Waals surface area (Å²) in [5.41, 5.74) is -0.114. The molecule has 124 valence electrons. The van der Waals surface area contributed by atoms with Crippen LogP contribution in [0.4, 0.5) is 24.8 Å². The van der Waals surface area contributed by atoms with Crippen molar-refractivity contribution in [1.29, 1.82) is 0 Å². The van der Waals surface area contributed by atoms with Gasteiger partial charge >= 0.3 is 6.18 Å². The Morgan fingerprint density at radius 2 is 1.83 bits per heavy atom. The van der Waals surface area contributed by atoms with Crippen molar-refractivity contribution in [2.45, 2.75) is 39.5 Å². The molecule has 0 aliphatic rings. The Morgan fingerprint density at radius 1 is 1.13 bits per heavy atom. The van der Waals surface area contributed by atoms with E-state index in [1.165, 1.54) is 0 Å². The van der Waals surface area contributed by atoms with Gasteiger partial charge in [0.1, 0.15) is 11.2 Å². The summed E-state index contributed by atoms with van der Waals surface area (Å²) in [6, 6.07) is 7.35. The SMILES string of the molecule is Cc1cccc(Nc2ncc(C(F)(F)F)c(OC(C)(C)C)n2)c1. The number of aromatic nitrogens is 2. The summed E-state index contributed by atoms with van der Waals surface area (Å²) in [7, 11) is 0. The standard InChI is InChI=1S/C16H18F3N3O/c1-10-6-5-7-11(8-10)21-14-20-9-12(16(17,18)19)13(22-14)23-15(2,3)4/h5-9H,1-4H3,(H,20,21,22). The molecule has 0 radical (unpaired) electrons. The molecule has 0 fully saturated rings. The summed E-state index contributed by atoms with van der Waals surface area (Å²) in [5.74, 6) is -0.446. The van der Waals surface area contributed by atoms with E-state index in [-0.39, 0.29) is 5.95 Å². The topological polar surface area (TPSA) is 47.0 Å². The van der Waals surface area contributed by atoms with Crippen molar-refractivity contribution >= 4 is 11.6 Å². The predicted octanol–water partition coefficient (Wildman–Crippen LogP) is 4.72. The molecule has 0 atom stereocenters. The summed E-state index contributed by atoms with van der Waals surface area (Å²) >= 11 is 0. The van der Waals surface area contributed by atoms with Crippen LogP contribution in [-0.2, 0) is 6.18 Å². The largest absolute Gasteiger partial charge is 0.471 e. The monoisotopic (exact) mass is 325 g/mol. The fraction of sp³-hybridized carbons (Fsp3) is 0.375. The minimum absolute atomic E-state index is 0.0443. The molecule has 1 aromatic heterocycles. The van der Waals surface area contributed by atoms with Gasteiger partial charge in [-0.25, -0.2) is 4.98 Å². The van der Waals surface area contributed by atoms with Gasteiger partial charge in [0, 0.05) is 11.9 Å². The summed E-state index contributed by atoms with van der Waals surface area (Å²) in [6.07, 6.45) is -3.85. The number of alkyl halides is 3. The van der Waals surface area contributed by atoms with Crippen LogP contribution in [0, 0.1) is 6.92 Å². The first-order valence-corrected chi connectivity index (χ1v) is 7.01. The molecule has 1 heterocycles. The van der Waals surface area contributed by atoms with Crippen LogP contribution in [-0.4, -0.2) is 15.6 Å². The van der Waals surface area contributed by atoms with Crippen LogP contribution in [0.3, 0.4) is 0 Å². The van der Waals surface area contributed by atoms with E-state index in [2.05, 4.69) is 15.3 Å².